The summed E-state index contributed by atoms with van der Waals surface area (Å²) in [5.41, 5.74) is 2.75. The maximum Gasteiger partial charge on any atom is 0.272 e. The lowest BCUT2D eigenvalue weighted by molar-refractivity contribution is -0.120. The van der Waals surface area contributed by atoms with Crippen LogP contribution in [-0.2, 0) is 24.3 Å². The molecule has 0 bridgehead atoms. The minimum Gasteiger partial charge on any atom is -0.352 e. The van der Waals surface area contributed by atoms with Crippen molar-refractivity contribution in [1.29, 1.82) is 0 Å². The summed E-state index contributed by atoms with van der Waals surface area (Å²) in [5, 5.41) is 10.9. The minimum absolute atomic E-state index is 0.110. The van der Waals surface area contributed by atoms with Crippen molar-refractivity contribution in [3.05, 3.63) is 75.7 Å². The van der Waals surface area contributed by atoms with Crippen LogP contribution >= 0.6 is 0 Å². The van der Waals surface area contributed by atoms with Gasteiger partial charge in [0.15, 0.2) is 0 Å². The van der Waals surface area contributed by atoms with Crippen molar-refractivity contribution >= 4 is 16.7 Å². The van der Waals surface area contributed by atoms with Gasteiger partial charge in [-0.25, -0.2) is 5.10 Å². The largest absolute Gasteiger partial charge is 0.352 e. The topological polar surface area (TPSA) is 78.1 Å². The third-order valence-corrected chi connectivity index (χ3v) is 6.01. The smallest absolute Gasteiger partial charge is 0.272 e. The number of carbonyl (C=O) groups is 1. The summed E-state index contributed by atoms with van der Waals surface area (Å²) in [6, 6.07) is 16.1. The van der Waals surface area contributed by atoms with Crippen molar-refractivity contribution in [1.82, 2.24) is 20.4 Å². The monoisotopic (exact) mass is 404 g/mol. The van der Waals surface area contributed by atoms with Gasteiger partial charge in [0.1, 0.15) is 0 Å². The van der Waals surface area contributed by atoms with Crippen LogP contribution in [-0.4, -0.2) is 33.6 Å². The standard InChI is InChI=1S/C24H28N4O2/c1-17-8-6-7-13-28(17)16-19-10-3-2-9-18(19)15-25-23(29)14-22-20-11-4-5-12-21(20)24(30)27-26-22/h2-5,9-12,17H,6-8,13-16H2,1H3,(H,25,29)(H,27,30). The highest BCUT2D eigenvalue weighted by molar-refractivity contribution is 5.88. The maximum absolute atomic E-state index is 12.6. The zero-order valence-corrected chi connectivity index (χ0v) is 17.4. The normalized spacial score (nSPS) is 17.2. The van der Waals surface area contributed by atoms with Crippen molar-refractivity contribution in [3.63, 3.8) is 0 Å². The van der Waals surface area contributed by atoms with Gasteiger partial charge in [-0.3, -0.25) is 14.5 Å². The molecule has 1 unspecified atom stereocenters. The molecule has 1 aromatic heterocycles. The number of nitrogens with one attached hydrogen (secondary N) is 2. The Hall–Kier alpha value is -2.99. The Bertz CT molecular complexity index is 1090. The van der Waals surface area contributed by atoms with Gasteiger partial charge in [-0.05, 0) is 43.5 Å². The van der Waals surface area contributed by atoms with Gasteiger partial charge in [0.2, 0.25) is 5.91 Å². The van der Waals surface area contributed by atoms with E-state index in [2.05, 4.69) is 45.5 Å². The number of fused-ring (bicyclic) bond motifs is 1. The second-order valence-electron chi connectivity index (χ2n) is 8.08. The second-order valence-corrected chi connectivity index (χ2v) is 8.08. The summed E-state index contributed by atoms with van der Waals surface area (Å²) >= 11 is 0. The first-order chi connectivity index (χ1) is 14.6. The van der Waals surface area contributed by atoms with E-state index in [-0.39, 0.29) is 17.9 Å². The molecule has 1 aliphatic rings. The van der Waals surface area contributed by atoms with Gasteiger partial charge < -0.3 is 5.32 Å². The molecule has 0 aliphatic carbocycles. The number of H-pyrrole nitrogens is 1. The summed E-state index contributed by atoms with van der Waals surface area (Å²) in [7, 11) is 0. The van der Waals surface area contributed by atoms with Gasteiger partial charge in [0, 0.05) is 24.5 Å². The summed E-state index contributed by atoms with van der Waals surface area (Å²) in [4.78, 5) is 27.1. The highest BCUT2D eigenvalue weighted by Gasteiger charge is 2.19. The predicted octanol–water partition coefficient (Wildman–Crippen LogP) is 3.16. The minimum atomic E-state index is -0.240. The van der Waals surface area contributed by atoms with Crippen LogP contribution < -0.4 is 10.9 Å². The number of amides is 1. The lowest BCUT2D eigenvalue weighted by atomic mass is 10.0. The highest BCUT2D eigenvalue weighted by Crippen LogP contribution is 2.21. The fraction of sp³-hybridized carbons (Fsp3) is 0.375. The molecule has 156 valence electrons. The molecule has 0 radical (unpaired) electrons. The molecule has 1 fully saturated rings. The van der Waals surface area contributed by atoms with E-state index in [1.165, 1.54) is 24.8 Å². The highest BCUT2D eigenvalue weighted by atomic mass is 16.1. The van der Waals surface area contributed by atoms with E-state index in [1.54, 1.807) is 6.07 Å². The van der Waals surface area contributed by atoms with E-state index in [9.17, 15) is 9.59 Å². The number of piperidine rings is 1. The van der Waals surface area contributed by atoms with Crippen LogP contribution in [0.3, 0.4) is 0 Å². The van der Waals surface area contributed by atoms with Crippen LogP contribution in [0.5, 0.6) is 0 Å². The molecule has 2 heterocycles. The summed E-state index contributed by atoms with van der Waals surface area (Å²) in [6.45, 7) is 4.83. The Kier molecular flexibility index (Phi) is 6.23. The fourth-order valence-electron chi connectivity index (χ4n) is 4.21. The Morgan fingerprint density at radius 3 is 2.63 bits per heavy atom. The molecule has 1 amide bonds. The fourth-order valence-corrected chi connectivity index (χ4v) is 4.21. The molecular formula is C24H28N4O2. The van der Waals surface area contributed by atoms with Gasteiger partial charge in [-0.2, -0.15) is 5.10 Å². The number of likely N-dealkylation sites (tertiary alicyclic amines) is 1. The third-order valence-electron chi connectivity index (χ3n) is 6.01. The number of nitrogens with zero attached hydrogens (tertiary/aromatic N) is 2. The SMILES string of the molecule is CC1CCCCN1Cc1ccccc1CNC(=O)Cc1n[nH]c(=O)c2ccccc12. The maximum atomic E-state index is 12.6. The van der Waals surface area contributed by atoms with Crippen molar-refractivity contribution < 1.29 is 4.79 Å². The Morgan fingerprint density at radius 2 is 1.83 bits per heavy atom. The van der Waals surface area contributed by atoms with Crippen LogP contribution in [0.15, 0.2) is 53.3 Å². The average Bonchev–Trinajstić information content (AvgIpc) is 2.77. The van der Waals surface area contributed by atoms with Gasteiger partial charge in [-0.15, -0.1) is 0 Å². The summed E-state index contributed by atoms with van der Waals surface area (Å²) in [5.74, 6) is -0.110. The lowest BCUT2D eigenvalue weighted by Crippen LogP contribution is -2.37. The molecule has 6 heteroatoms. The molecule has 0 saturated carbocycles. The number of aromatic nitrogens is 2. The Labute approximate surface area is 176 Å². The van der Waals surface area contributed by atoms with Gasteiger partial charge in [-0.1, -0.05) is 48.9 Å². The molecule has 3 aromatic rings. The van der Waals surface area contributed by atoms with E-state index in [0.29, 0.717) is 23.7 Å². The number of carbonyl (C=O) groups excluding carboxylic acids is 1. The third kappa shape index (κ3) is 4.60. The molecule has 2 N–H and O–H groups in total. The number of rotatable bonds is 6. The van der Waals surface area contributed by atoms with Crippen molar-refractivity contribution in [2.45, 2.75) is 51.7 Å². The molecule has 4 rings (SSSR count). The van der Waals surface area contributed by atoms with E-state index < -0.39 is 0 Å². The van der Waals surface area contributed by atoms with Crippen molar-refractivity contribution in [2.24, 2.45) is 0 Å². The van der Waals surface area contributed by atoms with Crippen LogP contribution in [0.4, 0.5) is 0 Å². The zero-order chi connectivity index (χ0) is 20.9. The lowest BCUT2D eigenvalue weighted by Gasteiger charge is -2.33. The molecule has 2 aromatic carbocycles. The summed E-state index contributed by atoms with van der Waals surface area (Å²) < 4.78 is 0. The molecule has 30 heavy (non-hydrogen) atoms. The van der Waals surface area contributed by atoms with E-state index in [1.807, 2.05) is 24.3 Å². The number of aromatic amines is 1. The zero-order valence-electron chi connectivity index (χ0n) is 17.4. The van der Waals surface area contributed by atoms with E-state index in [4.69, 9.17) is 0 Å². The first-order valence-electron chi connectivity index (χ1n) is 10.7. The van der Waals surface area contributed by atoms with Crippen molar-refractivity contribution in [3.8, 4) is 0 Å². The number of hydrogen-bond donors (Lipinski definition) is 2. The number of hydrogen-bond acceptors (Lipinski definition) is 4. The summed E-state index contributed by atoms with van der Waals surface area (Å²) in [6.07, 6.45) is 3.94. The first-order valence-corrected chi connectivity index (χ1v) is 10.7. The number of benzene rings is 2. The van der Waals surface area contributed by atoms with Crippen LogP contribution in [0, 0.1) is 0 Å². The molecule has 6 nitrogen and oxygen atoms in total. The van der Waals surface area contributed by atoms with Gasteiger partial charge >= 0.3 is 0 Å². The molecule has 0 spiro atoms. The van der Waals surface area contributed by atoms with Crippen LogP contribution in [0.1, 0.15) is 43.0 Å². The molecular weight excluding hydrogens is 376 g/mol. The molecule has 1 atom stereocenters. The van der Waals surface area contributed by atoms with Gasteiger partial charge in [0.25, 0.3) is 5.56 Å². The Balaban J connectivity index is 1.42. The van der Waals surface area contributed by atoms with Crippen molar-refractivity contribution in [2.75, 3.05) is 6.54 Å². The average molecular weight is 405 g/mol. The van der Waals surface area contributed by atoms with E-state index >= 15 is 0 Å². The van der Waals surface area contributed by atoms with Crippen LogP contribution in [0.25, 0.3) is 10.8 Å². The first kappa shape index (κ1) is 20.3. The predicted molar refractivity (Wildman–Crippen MR) is 118 cm³/mol. The van der Waals surface area contributed by atoms with Gasteiger partial charge in [0.05, 0.1) is 17.5 Å². The van der Waals surface area contributed by atoms with E-state index in [0.717, 1.165) is 24.0 Å². The Morgan fingerprint density at radius 1 is 1.10 bits per heavy atom. The molecule has 1 aliphatic heterocycles. The quantitative estimate of drug-likeness (QED) is 0.662. The van der Waals surface area contributed by atoms with Crippen LogP contribution in [0.2, 0.25) is 0 Å². The molecule has 1 saturated heterocycles. The second kappa shape index (κ2) is 9.22.